The second kappa shape index (κ2) is 7.69. The van der Waals surface area contributed by atoms with Crippen LogP contribution in [0.25, 0.3) is 27.8 Å². The highest BCUT2D eigenvalue weighted by Gasteiger charge is 2.22. The van der Waals surface area contributed by atoms with Gasteiger partial charge in [-0.1, -0.05) is 18.2 Å². The molecule has 0 bridgehead atoms. The van der Waals surface area contributed by atoms with Gasteiger partial charge in [0, 0.05) is 16.0 Å². The molecule has 8 nitrogen and oxygen atoms in total. The van der Waals surface area contributed by atoms with Gasteiger partial charge in [-0.05, 0) is 51.7 Å². The number of ether oxygens (including phenoxy) is 2. The third-order valence-corrected chi connectivity index (χ3v) is 5.76. The molecule has 0 atom stereocenters. The van der Waals surface area contributed by atoms with Crippen molar-refractivity contribution in [3.05, 3.63) is 81.8 Å². The molecule has 2 aromatic carbocycles. The fourth-order valence-corrected chi connectivity index (χ4v) is 3.94. The van der Waals surface area contributed by atoms with E-state index in [1.807, 2.05) is 53.9 Å². The largest absolute Gasteiger partial charge is 0.594 e. The van der Waals surface area contributed by atoms with Crippen LogP contribution in [0.5, 0.6) is 5.75 Å². The molecule has 0 unspecified atom stereocenters. The number of carbonyl (C=O) groups excluding carboxylic acids is 1. The zero-order valence-corrected chi connectivity index (χ0v) is 17.2. The maximum Gasteiger partial charge on any atom is 0.344 e. The number of thiophene rings is 1. The SMILES string of the molecule is COc1ccc(-c2ccc3c(c2)n2ncc(C(=O)OCc4cccs4)c2n[n+]3[O-])cc1. The van der Waals surface area contributed by atoms with Gasteiger partial charge in [0.1, 0.15) is 23.4 Å². The molecule has 9 heteroatoms. The lowest BCUT2D eigenvalue weighted by atomic mass is 10.0. The molecule has 0 aliphatic heterocycles. The van der Waals surface area contributed by atoms with Gasteiger partial charge >= 0.3 is 5.97 Å². The molecule has 0 saturated heterocycles. The van der Waals surface area contributed by atoms with E-state index >= 15 is 0 Å². The molecule has 0 fully saturated rings. The van der Waals surface area contributed by atoms with Crippen molar-refractivity contribution in [2.24, 2.45) is 0 Å². The molecule has 154 valence electrons. The van der Waals surface area contributed by atoms with Crippen LogP contribution in [0.2, 0.25) is 0 Å². The Morgan fingerprint density at radius 2 is 1.97 bits per heavy atom. The van der Waals surface area contributed by atoms with Crippen molar-refractivity contribution in [1.29, 1.82) is 0 Å². The van der Waals surface area contributed by atoms with Crippen LogP contribution < -0.4 is 9.58 Å². The molecule has 0 spiro atoms. The Bertz CT molecular complexity index is 1400. The highest BCUT2D eigenvalue weighted by atomic mass is 32.1. The van der Waals surface area contributed by atoms with Gasteiger partial charge in [-0.25, -0.2) is 9.31 Å². The highest BCUT2D eigenvalue weighted by Crippen LogP contribution is 2.26. The molecule has 5 aromatic rings. The first-order valence-electron chi connectivity index (χ1n) is 9.39. The van der Waals surface area contributed by atoms with E-state index in [0.29, 0.717) is 15.9 Å². The summed E-state index contributed by atoms with van der Waals surface area (Å²) in [5.74, 6) is 0.174. The number of esters is 1. The topological polar surface area (TPSA) is 92.7 Å². The molecule has 5 rings (SSSR count). The van der Waals surface area contributed by atoms with Gasteiger partial charge in [-0.2, -0.15) is 5.10 Å². The Labute approximate surface area is 180 Å². The molecule has 0 saturated carbocycles. The minimum absolute atomic E-state index is 0.137. The summed E-state index contributed by atoms with van der Waals surface area (Å²) in [4.78, 5) is 14.0. The summed E-state index contributed by atoms with van der Waals surface area (Å²) in [5.41, 5.74) is 2.99. The van der Waals surface area contributed by atoms with Crippen molar-refractivity contribution in [2.45, 2.75) is 6.61 Å². The molecule has 0 amide bonds. The van der Waals surface area contributed by atoms with E-state index in [1.54, 1.807) is 13.2 Å². The molecule has 31 heavy (non-hydrogen) atoms. The molecule has 0 aliphatic rings. The van der Waals surface area contributed by atoms with Crippen LogP contribution in [0.15, 0.2) is 66.2 Å². The lowest BCUT2D eigenvalue weighted by Gasteiger charge is -2.07. The van der Waals surface area contributed by atoms with Crippen molar-refractivity contribution in [3.63, 3.8) is 0 Å². The van der Waals surface area contributed by atoms with Crippen molar-refractivity contribution in [3.8, 4) is 16.9 Å². The first kappa shape index (κ1) is 19.0. The number of nitrogens with zero attached hydrogens (tertiary/aromatic N) is 4. The lowest BCUT2D eigenvalue weighted by molar-refractivity contribution is -0.640. The number of rotatable bonds is 5. The summed E-state index contributed by atoms with van der Waals surface area (Å²) >= 11 is 1.50. The second-order valence-electron chi connectivity index (χ2n) is 6.75. The predicted octanol–water partition coefficient (Wildman–Crippen LogP) is 3.61. The minimum atomic E-state index is -0.582. The van der Waals surface area contributed by atoms with Gasteiger partial charge in [0.15, 0.2) is 0 Å². The number of hydrogen-bond acceptors (Lipinski definition) is 7. The van der Waals surface area contributed by atoms with E-state index in [0.717, 1.165) is 21.8 Å². The molecular weight excluding hydrogens is 416 g/mol. The normalized spacial score (nSPS) is 11.1. The first-order valence-corrected chi connectivity index (χ1v) is 10.3. The monoisotopic (exact) mass is 432 g/mol. The quantitative estimate of drug-likeness (QED) is 0.239. The van der Waals surface area contributed by atoms with E-state index in [2.05, 4.69) is 10.2 Å². The Morgan fingerprint density at radius 3 is 2.71 bits per heavy atom. The molecule has 0 aliphatic carbocycles. The zero-order chi connectivity index (χ0) is 21.4. The Morgan fingerprint density at radius 1 is 1.16 bits per heavy atom. The zero-order valence-electron chi connectivity index (χ0n) is 16.4. The van der Waals surface area contributed by atoms with Gasteiger partial charge in [-0.3, -0.25) is 0 Å². The second-order valence-corrected chi connectivity index (χ2v) is 7.79. The Hall–Kier alpha value is -3.98. The van der Waals surface area contributed by atoms with Crippen LogP contribution >= 0.6 is 11.3 Å². The van der Waals surface area contributed by atoms with Crippen LogP contribution in [-0.2, 0) is 11.3 Å². The maximum atomic E-state index is 12.6. The average Bonchev–Trinajstić information content (AvgIpc) is 3.47. The number of methoxy groups -OCH3 is 1. The van der Waals surface area contributed by atoms with Crippen LogP contribution in [0.3, 0.4) is 0 Å². The Balaban J connectivity index is 1.56. The van der Waals surface area contributed by atoms with Gasteiger partial charge in [-0.15, -0.1) is 11.3 Å². The van der Waals surface area contributed by atoms with E-state index in [1.165, 1.54) is 22.0 Å². The van der Waals surface area contributed by atoms with E-state index in [-0.39, 0.29) is 17.8 Å². The number of fused-ring (bicyclic) bond motifs is 3. The molecule has 0 N–H and O–H groups in total. The fraction of sp³-hybridized carbons (Fsp3) is 0.0909. The third kappa shape index (κ3) is 3.44. The van der Waals surface area contributed by atoms with Crippen molar-refractivity contribution in [1.82, 2.24) is 14.7 Å². The fourth-order valence-electron chi connectivity index (χ4n) is 3.33. The van der Waals surface area contributed by atoms with Gasteiger partial charge in [0.05, 0.1) is 13.3 Å². The van der Waals surface area contributed by atoms with Crippen LogP contribution in [-0.4, -0.2) is 27.8 Å². The average molecular weight is 432 g/mol. The number of hydrogen-bond donors (Lipinski definition) is 0. The summed E-state index contributed by atoms with van der Waals surface area (Å²) in [6.07, 6.45) is 1.37. The Kier molecular flexibility index (Phi) is 4.72. The summed E-state index contributed by atoms with van der Waals surface area (Å²) in [5, 5.41) is 22.8. The van der Waals surface area contributed by atoms with Crippen molar-refractivity contribution < 1.29 is 19.1 Å². The summed E-state index contributed by atoms with van der Waals surface area (Å²) in [6, 6.07) is 16.7. The summed E-state index contributed by atoms with van der Waals surface area (Å²) in [7, 11) is 1.61. The van der Waals surface area contributed by atoms with E-state index in [9.17, 15) is 10.0 Å². The predicted molar refractivity (Wildman–Crippen MR) is 115 cm³/mol. The van der Waals surface area contributed by atoms with Gasteiger partial charge < -0.3 is 14.7 Å². The van der Waals surface area contributed by atoms with Crippen LogP contribution in [0.4, 0.5) is 0 Å². The van der Waals surface area contributed by atoms with Crippen molar-refractivity contribution >= 4 is 34.0 Å². The minimum Gasteiger partial charge on any atom is -0.594 e. The number of benzene rings is 2. The summed E-state index contributed by atoms with van der Waals surface area (Å²) in [6.45, 7) is 0.153. The van der Waals surface area contributed by atoms with E-state index in [4.69, 9.17) is 9.47 Å². The van der Waals surface area contributed by atoms with Gasteiger partial charge in [0.25, 0.3) is 5.52 Å². The molecule has 3 heterocycles. The van der Waals surface area contributed by atoms with Crippen LogP contribution in [0, 0.1) is 5.21 Å². The maximum absolute atomic E-state index is 12.6. The standard InChI is InChI=1S/C22H16N4O4S/c1-29-16-7-4-14(5-8-16)15-6-9-19-20(11-15)25-21(24-26(19)28)18(12-23-25)22(27)30-13-17-3-2-10-31-17/h2-12H,13H2,1H3. The van der Waals surface area contributed by atoms with Gasteiger partial charge in [0.2, 0.25) is 5.65 Å². The number of aromatic nitrogens is 4. The van der Waals surface area contributed by atoms with Crippen molar-refractivity contribution in [2.75, 3.05) is 7.11 Å². The first-order chi connectivity index (χ1) is 15.1. The molecular formula is C22H16N4O4S. The highest BCUT2D eigenvalue weighted by molar-refractivity contribution is 7.09. The van der Waals surface area contributed by atoms with Crippen LogP contribution in [0.1, 0.15) is 15.2 Å². The molecule has 0 radical (unpaired) electrons. The van der Waals surface area contributed by atoms with E-state index < -0.39 is 5.97 Å². The molecule has 3 aromatic heterocycles. The smallest absolute Gasteiger partial charge is 0.344 e. The number of carbonyl (C=O) groups is 1. The summed E-state index contributed by atoms with van der Waals surface area (Å²) < 4.78 is 12.1. The lowest BCUT2D eigenvalue weighted by Crippen LogP contribution is -2.33. The third-order valence-electron chi connectivity index (χ3n) is 4.91.